The van der Waals surface area contributed by atoms with Gasteiger partial charge in [-0.3, -0.25) is 0 Å². The van der Waals surface area contributed by atoms with Crippen LogP contribution in [0.3, 0.4) is 0 Å². The third-order valence-corrected chi connectivity index (χ3v) is 2.46. The average molecular weight is 223 g/mol. The molecule has 4 heteroatoms. The molecule has 0 saturated heterocycles. The monoisotopic (exact) mass is 223 g/mol. The first-order valence-electron chi connectivity index (χ1n) is 5.22. The maximum Gasteiger partial charge on any atom is 0.412 e. The molecule has 1 heterocycles. The molecule has 1 aromatic rings. The third kappa shape index (κ3) is 1.96. The zero-order valence-electron chi connectivity index (χ0n) is 9.66. The van der Waals surface area contributed by atoms with Crippen molar-refractivity contribution in [3.63, 3.8) is 0 Å². The lowest BCUT2D eigenvalue weighted by atomic mass is 10.2. The Morgan fingerprint density at radius 1 is 1.50 bits per heavy atom. The van der Waals surface area contributed by atoms with Crippen LogP contribution >= 0.6 is 0 Å². The summed E-state index contributed by atoms with van der Waals surface area (Å²) < 4.78 is 10.9. The molecule has 0 spiro atoms. The van der Waals surface area contributed by atoms with E-state index in [0.29, 0.717) is 11.5 Å². The van der Waals surface area contributed by atoms with Gasteiger partial charge < -0.3 is 14.8 Å². The summed E-state index contributed by atoms with van der Waals surface area (Å²) in [6.45, 7) is 4.02. The number of ether oxygens (including phenoxy) is 2. The zero-order chi connectivity index (χ0) is 11.8. The Hall–Kier alpha value is -1.71. The van der Waals surface area contributed by atoms with Crippen LogP contribution in [0.2, 0.25) is 0 Å². The number of rotatable bonds is 1. The van der Waals surface area contributed by atoms with Crippen molar-refractivity contribution in [2.75, 3.05) is 7.05 Å². The van der Waals surface area contributed by atoms with Crippen molar-refractivity contribution in [3.8, 4) is 11.5 Å². The summed E-state index contributed by atoms with van der Waals surface area (Å²) in [7, 11) is 1.52. The Kier molecular flexibility index (Phi) is 2.50. The number of para-hydroxylation sites is 1. The highest BCUT2D eigenvalue weighted by Gasteiger charge is 2.32. The molecule has 0 saturated carbocycles. The van der Waals surface area contributed by atoms with E-state index in [1.54, 1.807) is 6.07 Å². The minimum Gasteiger partial charge on any atom is -0.483 e. The van der Waals surface area contributed by atoms with E-state index in [1.165, 1.54) is 7.05 Å². The molecular weight excluding hydrogens is 208 g/mol. The Bertz CT molecular complexity index is 426. The fourth-order valence-electron chi connectivity index (χ4n) is 1.82. The van der Waals surface area contributed by atoms with Gasteiger partial charge in [0.1, 0.15) is 5.60 Å². The number of fused-ring (bicyclic) bond motifs is 1. The van der Waals surface area contributed by atoms with Crippen molar-refractivity contribution >= 4 is 6.09 Å². The highest BCUT2D eigenvalue weighted by Crippen LogP contribution is 2.41. The van der Waals surface area contributed by atoms with Crippen molar-refractivity contribution in [1.82, 2.24) is 5.32 Å². The van der Waals surface area contributed by atoms with Crippen LogP contribution in [0.25, 0.3) is 0 Å². The van der Waals surface area contributed by atoms with Crippen LogP contribution < -0.4 is 14.8 Å². The van der Waals surface area contributed by atoms with Crippen molar-refractivity contribution in [1.29, 1.82) is 0 Å². The maximum absolute atomic E-state index is 11.2. The number of nitrogens with one attached hydrogen (secondary N) is 1. The second kappa shape index (κ2) is 3.70. The summed E-state index contributed by atoms with van der Waals surface area (Å²) >= 11 is 0. The van der Waals surface area contributed by atoms with Crippen LogP contribution in [-0.4, -0.2) is 18.7 Å². The first kappa shape index (κ1) is 10.8. The van der Waals surface area contributed by atoms with Crippen molar-refractivity contribution in [2.45, 2.75) is 25.9 Å². The van der Waals surface area contributed by atoms with Gasteiger partial charge in [-0.15, -0.1) is 0 Å². The first-order valence-corrected chi connectivity index (χ1v) is 5.22. The summed E-state index contributed by atoms with van der Waals surface area (Å²) in [5, 5.41) is 2.41. The lowest BCUT2D eigenvalue weighted by Crippen LogP contribution is -2.25. The molecule has 1 aromatic carbocycles. The third-order valence-electron chi connectivity index (χ3n) is 2.46. The van der Waals surface area contributed by atoms with Crippen molar-refractivity contribution in [3.05, 3.63) is 23.8 Å². The normalized spacial score (nSPS) is 16.2. The molecule has 0 unspecified atom stereocenters. The lowest BCUT2D eigenvalue weighted by molar-refractivity contribution is 0.133. The van der Waals surface area contributed by atoms with Gasteiger partial charge in [0.05, 0.1) is 0 Å². The Labute approximate surface area is 94.6 Å². The van der Waals surface area contributed by atoms with Gasteiger partial charge in [-0.05, 0) is 19.9 Å². The molecule has 86 valence electrons. The quantitative estimate of drug-likeness (QED) is 0.793. The molecule has 0 fully saturated rings. The van der Waals surface area contributed by atoms with Crippen LogP contribution in [0, 0.1) is 0 Å². The minimum absolute atomic E-state index is 0.232. The largest absolute Gasteiger partial charge is 0.483 e. The molecule has 0 aromatic heterocycles. The Balaban J connectivity index is 2.30. The number of hydrogen-bond acceptors (Lipinski definition) is 3. The van der Waals surface area contributed by atoms with E-state index in [-0.39, 0.29) is 5.60 Å². The number of amides is 1. The standard InChI is InChI=1S/C12H15NO3/c1-12(2)7-8-5-4-6-9(10(8)16-12)15-11(14)13-3/h4-6H,7H2,1-3H3,(H,13,14)/i7+2. The molecule has 16 heavy (non-hydrogen) atoms. The second-order valence-electron chi connectivity index (χ2n) is 4.42. The van der Waals surface area contributed by atoms with Crippen molar-refractivity contribution < 1.29 is 14.3 Å². The van der Waals surface area contributed by atoms with Gasteiger partial charge in [0.2, 0.25) is 0 Å². The summed E-state index contributed by atoms with van der Waals surface area (Å²) in [4.78, 5) is 11.2. The molecule has 0 radical (unpaired) electrons. The van der Waals surface area contributed by atoms with E-state index >= 15 is 0 Å². The molecule has 1 aliphatic rings. The van der Waals surface area contributed by atoms with E-state index in [0.717, 1.165) is 12.0 Å². The van der Waals surface area contributed by atoms with E-state index in [4.69, 9.17) is 9.47 Å². The molecule has 1 aliphatic heterocycles. The van der Waals surface area contributed by atoms with Crippen LogP contribution in [0.1, 0.15) is 19.4 Å². The Morgan fingerprint density at radius 3 is 2.94 bits per heavy atom. The van der Waals surface area contributed by atoms with Gasteiger partial charge >= 0.3 is 6.09 Å². The van der Waals surface area contributed by atoms with E-state index < -0.39 is 6.09 Å². The summed E-state index contributed by atoms with van der Waals surface area (Å²) in [5.41, 5.74) is 0.844. The molecule has 4 nitrogen and oxygen atoms in total. The minimum atomic E-state index is -0.485. The van der Waals surface area contributed by atoms with Crippen LogP contribution in [0.4, 0.5) is 4.79 Å². The number of hydrogen-bond donors (Lipinski definition) is 1. The van der Waals surface area contributed by atoms with Crippen LogP contribution in [0.5, 0.6) is 11.5 Å². The summed E-state index contributed by atoms with van der Waals surface area (Å²) in [5.74, 6) is 1.15. The molecular formula is C12H15NO3. The molecule has 0 aliphatic carbocycles. The average Bonchev–Trinajstić information content (AvgIpc) is 2.53. The zero-order valence-corrected chi connectivity index (χ0v) is 9.66. The predicted octanol–water partition coefficient (Wildman–Crippen LogP) is 2.12. The summed E-state index contributed by atoms with van der Waals surface area (Å²) in [6, 6.07) is 5.58. The molecule has 0 atom stereocenters. The fraction of sp³-hybridized carbons (Fsp3) is 0.417. The molecule has 0 bridgehead atoms. The number of carbonyl (C=O) groups is 1. The van der Waals surface area contributed by atoms with Gasteiger partial charge in [0, 0.05) is 19.0 Å². The Morgan fingerprint density at radius 2 is 2.25 bits per heavy atom. The predicted molar refractivity (Wildman–Crippen MR) is 59.9 cm³/mol. The fourth-order valence-corrected chi connectivity index (χ4v) is 1.82. The van der Waals surface area contributed by atoms with Gasteiger partial charge in [0.25, 0.3) is 0 Å². The van der Waals surface area contributed by atoms with Gasteiger partial charge in [-0.1, -0.05) is 12.1 Å². The van der Waals surface area contributed by atoms with Gasteiger partial charge in [-0.25, -0.2) is 4.79 Å². The highest BCUT2D eigenvalue weighted by molar-refractivity contribution is 5.71. The topological polar surface area (TPSA) is 47.6 Å². The van der Waals surface area contributed by atoms with E-state index in [9.17, 15) is 4.79 Å². The number of benzene rings is 1. The molecule has 2 rings (SSSR count). The van der Waals surface area contributed by atoms with E-state index in [1.807, 2.05) is 26.0 Å². The SMILES string of the molecule is CNC(=O)Oc1cccc2c1OC(C)(C)[14CH2]2. The maximum atomic E-state index is 11.2. The van der Waals surface area contributed by atoms with Crippen LogP contribution in [0.15, 0.2) is 18.2 Å². The number of carbonyl (C=O) groups excluding carboxylic acids is 1. The second-order valence-corrected chi connectivity index (χ2v) is 4.42. The van der Waals surface area contributed by atoms with Crippen molar-refractivity contribution in [2.24, 2.45) is 0 Å². The smallest absolute Gasteiger partial charge is 0.412 e. The van der Waals surface area contributed by atoms with E-state index in [2.05, 4.69) is 5.32 Å². The molecule has 1 N–H and O–H groups in total. The van der Waals surface area contributed by atoms with Gasteiger partial charge in [0.15, 0.2) is 11.5 Å². The lowest BCUT2D eigenvalue weighted by Gasteiger charge is -2.17. The molecule has 1 amide bonds. The van der Waals surface area contributed by atoms with Crippen LogP contribution in [-0.2, 0) is 6.42 Å². The first-order chi connectivity index (χ1) is 7.52. The van der Waals surface area contributed by atoms with Gasteiger partial charge in [-0.2, -0.15) is 0 Å². The summed E-state index contributed by atoms with van der Waals surface area (Å²) in [6.07, 6.45) is 0.342. The highest BCUT2D eigenvalue weighted by atomic mass is 16.6.